The SMILES string of the molecule is COCCNCC(=O)NCc1ccc(SC)cc1. The Kier molecular flexibility index (Phi) is 7.48. The van der Waals surface area contributed by atoms with Crippen molar-refractivity contribution in [2.45, 2.75) is 11.4 Å². The maximum Gasteiger partial charge on any atom is 0.234 e. The zero-order chi connectivity index (χ0) is 13.2. The zero-order valence-corrected chi connectivity index (χ0v) is 11.7. The van der Waals surface area contributed by atoms with Gasteiger partial charge in [0.15, 0.2) is 0 Å². The molecule has 0 saturated heterocycles. The van der Waals surface area contributed by atoms with E-state index in [9.17, 15) is 4.79 Å². The number of methoxy groups -OCH3 is 1. The van der Waals surface area contributed by atoms with Gasteiger partial charge in [0, 0.05) is 25.1 Å². The van der Waals surface area contributed by atoms with Crippen LogP contribution in [0.2, 0.25) is 0 Å². The Morgan fingerprint density at radius 3 is 2.67 bits per heavy atom. The van der Waals surface area contributed by atoms with Crippen molar-refractivity contribution in [2.75, 3.05) is 33.1 Å². The van der Waals surface area contributed by atoms with E-state index in [2.05, 4.69) is 22.8 Å². The lowest BCUT2D eigenvalue weighted by Gasteiger charge is -2.07. The molecule has 0 fully saturated rings. The van der Waals surface area contributed by atoms with Crippen molar-refractivity contribution >= 4 is 17.7 Å². The van der Waals surface area contributed by atoms with Crippen molar-refractivity contribution in [1.29, 1.82) is 0 Å². The molecule has 0 aliphatic heterocycles. The van der Waals surface area contributed by atoms with Gasteiger partial charge in [-0.15, -0.1) is 11.8 Å². The van der Waals surface area contributed by atoms with Gasteiger partial charge in [-0.1, -0.05) is 12.1 Å². The van der Waals surface area contributed by atoms with Gasteiger partial charge in [0.05, 0.1) is 13.2 Å². The Hall–Kier alpha value is -1.04. The lowest BCUT2D eigenvalue weighted by atomic mass is 10.2. The summed E-state index contributed by atoms with van der Waals surface area (Å²) in [6.45, 7) is 2.20. The molecule has 1 rings (SSSR count). The van der Waals surface area contributed by atoms with Gasteiger partial charge in [0.1, 0.15) is 0 Å². The molecule has 2 N–H and O–H groups in total. The molecular formula is C13H20N2O2S. The van der Waals surface area contributed by atoms with Crippen LogP contribution in [0.1, 0.15) is 5.56 Å². The molecule has 100 valence electrons. The summed E-state index contributed by atoms with van der Waals surface area (Å²) in [5.41, 5.74) is 1.11. The Labute approximate surface area is 112 Å². The van der Waals surface area contributed by atoms with Crippen LogP contribution in [0.25, 0.3) is 0 Å². The minimum Gasteiger partial charge on any atom is -0.383 e. The summed E-state index contributed by atoms with van der Waals surface area (Å²) in [4.78, 5) is 12.7. The lowest BCUT2D eigenvalue weighted by Crippen LogP contribution is -2.34. The number of carbonyl (C=O) groups is 1. The average molecular weight is 268 g/mol. The molecule has 0 spiro atoms. The van der Waals surface area contributed by atoms with Gasteiger partial charge in [-0.3, -0.25) is 4.79 Å². The topological polar surface area (TPSA) is 50.4 Å². The molecule has 1 amide bonds. The predicted molar refractivity (Wildman–Crippen MR) is 74.8 cm³/mol. The Bertz CT molecular complexity index is 355. The highest BCUT2D eigenvalue weighted by molar-refractivity contribution is 7.98. The van der Waals surface area contributed by atoms with E-state index in [1.54, 1.807) is 18.9 Å². The standard InChI is InChI=1S/C13H20N2O2S/c1-17-8-7-14-10-13(16)15-9-11-3-5-12(18-2)6-4-11/h3-6,14H,7-10H2,1-2H3,(H,15,16). The van der Waals surface area contributed by atoms with E-state index in [-0.39, 0.29) is 5.91 Å². The third-order valence-corrected chi connectivity index (χ3v) is 3.16. The monoisotopic (exact) mass is 268 g/mol. The van der Waals surface area contributed by atoms with E-state index >= 15 is 0 Å². The zero-order valence-electron chi connectivity index (χ0n) is 10.9. The Balaban J connectivity index is 2.20. The number of benzene rings is 1. The molecule has 0 heterocycles. The summed E-state index contributed by atoms with van der Waals surface area (Å²) in [5.74, 6) is 0.0000427. The number of hydrogen-bond donors (Lipinski definition) is 2. The molecular weight excluding hydrogens is 248 g/mol. The van der Waals surface area contributed by atoms with Gasteiger partial charge in [0.2, 0.25) is 5.91 Å². The van der Waals surface area contributed by atoms with Crippen LogP contribution in [0.5, 0.6) is 0 Å². The number of nitrogens with one attached hydrogen (secondary N) is 2. The molecule has 0 unspecified atom stereocenters. The third kappa shape index (κ3) is 6.05. The first-order valence-electron chi connectivity index (χ1n) is 5.85. The molecule has 0 radical (unpaired) electrons. The molecule has 5 heteroatoms. The second-order valence-corrected chi connectivity index (χ2v) is 4.67. The molecule has 0 bridgehead atoms. The van der Waals surface area contributed by atoms with Crippen molar-refractivity contribution < 1.29 is 9.53 Å². The maximum atomic E-state index is 11.5. The van der Waals surface area contributed by atoms with Gasteiger partial charge < -0.3 is 15.4 Å². The van der Waals surface area contributed by atoms with Crippen molar-refractivity contribution in [3.63, 3.8) is 0 Å². The van der Waals surface area contributed by atoms with Crippen LogP contribution in [-0.4, -0.2) is 39.0 Å². The van der Waals surface area contributed by atoms with Crippen LogP contribution < -0.4 is 10.6 Å². The van der Waals surface area contributed by atoms with Crippen LogP contribution in [-0.2, 0) is 16.1 Å². The second kappa shape index (κ2) is 8.97. The first-order chi connectivity index (χ1) is 8.76. The van der Waals surface area contributed by atoms with Crippen LogP contribution in [0.3, 0.4) is 0 Å². The second-order valence-electron chi connectivity index (χ2n) is 3.79. The van der Waals surface area contributed by atoms with Gasteiger partial charge in [0.25, 0.3) is 0 Å². The number of carbonyl (C=O) groups excluding carboxylic acids is 1. The molecule has 18 heavy (non-hydrogen) atoms. The summed E-state index contributed by atoms with van der Waals surface area (Å²) in [5, 5.41) is 5.86. The summed E-state index contributed by atoms with van der Waals surface area (Å²) in [6, 6.07) is 8.18. The fourth-order valence-electron chi connectivity index (χ4n) is 1.38. The smallest absolute Gasteiger partial charge is 0.234 e. The first-order valence-corrected chi connectivity index (χ1v) is 7.08. The van der Waals surface area contributed by atoms with E-state index in [4.69, 9.17) is 4.74 Å². The van der Waals surface area contributed by atoms with Gasteiger partial charge in [-0.25, -0.2) is 0 Å². The van der Waals surface area contributed by atoms with Crippen molar-refractivity contribution in [1.82, 2.24) is 10.6 Å². The largest absolute Gasteiger partial charge is 0.383 e. The predicted octanol–water partition coefficient (Wildman–Crippen LogP) is 1.26. The summed E-state index contributed by atoms with van der Waals surface area (Å²) >= 11 is 1.71. The molecule has 0 aliphatic carbocycles. The van der Waals surface area contributed by atoms with Crippen molar-refractivity contribution in [3.8, 4) is 0 Å². The fourth-order valence-corrected chi connectivity index (χ4v) is 1.79. The molecule has 0 aromatic heterocycles. The molecule has 0 aliphatic rings. The summed E-state index contributed by atoms with van der Waals surface area (Å²) < 4.78 is 4.88. The molecule has 0 saturated carbocycles. The van der Waals surface area contributed by atoms with Crippen LogP contribution in [0, 0.1) is 0 Å². The van der Waals surface area contributed by atoms with E-state index < -0.39 is 0 Å². The normalized spacial score (nSPS) is 10.3. The van der Waals surface area contributed by atoms with Crippen molar-refractivity contribution in [3.05, 3.63) is 29.8 Å². The lowest BCUT2D eigenvalue weighted by molar-refractivity contribution is -0.120. The molecule has 1 aromatic carbocycles. The van der Waals surface area contributed by atoms with E-state index in [1.165, 1.54) is 4.90 Å². The Morgan fingerprint density at radius 1 is 1.33 bits per heavy atom. The van der Waals surface area contributed by atoms with Gasteiger partial charge in [-0.05, 0) is 24.0 Å². The molecule has 1 aromatic rings. The fraction of sp³-hybridized carbons (Fsp3) is 0.462. The van der Waals surface area contributed by atoms with Gasteiger partial charge >= 0.3 is 0 Å². The van der Waals surface area contributed by atoms with Crippen LogP contribution >= 0.6 is 11.8 Å². The number of hydrogen-bond acceptors (Lipinski definition) is 4. The molecule has 4 nitrogen and oxygen atoms in total. The van der Waals surface area contributed by atoms with Gasteiger partial charge in [-0.2, -0.15) is 0 Å². The van der Waals surface area contributed by atoms with E-state index in [0.717, 1.165) is 5.56 Å². The molecule has 0 atom stereocenters. The van der Waals surface area contributed by atoms with Crippen LogP contribution in [0.15, 0.2) is 29.2 Å². The van der Waals surface area contributed by atoms with Crippen molar-refractivity contribution in [2.24, 2.45) is 0 Å². The number of rotatable bonds is 8. The van der Waals surface area contributed by atoms with E-state index in [1.807, 2.05) is 18.4 Å². The number of thioether (sulfide) groups is 1. The highest BCUT2D eigenvalue weighted by Crippen LogP contribution is 2.14. The quantitative estimate of drug-likeness (QED) is 0.550. The highest BCUT2D eigenvalue weighted by atomic mass is 32.2. The minimum absolute atomic E-state index is 0.0000427. The first kappa shape index (κ1) is 15.0. The average Bonchev–Trinajstić information content (AvgIpc) is 2.42. The number of amides is 1. The maximum absolute atomic E-state index is 11.5. The Morgan fingerprint density at radius 2 is 2.06 bits per heavy atom. The minimum atomic E-state index is 0.0000427. The van der Waals surface area contributed by atoms with E-state index in [0.29, 0.717) is 26.2 Å². The van der Waals surface area contributed by atoms with Crippen LogP contribution in [0.4, 0.5) is 0 Å². The summed E-state index contributed by atoms with van der Waals surface area (Å²) in [6.07, 6.45) is 2.04. The summed E-state index contributed by atoms with van der Waals surface area (Å²) in [7, 11) is 1.64. The number of ether oxygens (including phenoxy) is 1. The third-order valence-electron chi connectivity index (χ3n) is 2.42. The highest BCUT2D eigenvalue weighted by Gasteiger charge is 2.00.